The van der Waals surface area contributed by atoms with E-state index in [1.54, 1.807) is 41.2 Å². The first-order valence-electron chi connectivity index (χ1n) is 11.6. The van der Waals surface area contributed by atoms with Crippen molar-refractivity contribution in [1.82, 2.24) is 9.78 Å². The molecule has 1 amide bonds. The van der Waals surface area contributed by atoms with Gasteiger partial charge in [-0.25, -0.2) is 4.68 Å². The van der Waals surface area contributed by atoms with Crippen LogP contribution in [0.25, 0.3) is 16.9 Å². The predicted molar refractivity (Wildman–Crippen MR) is 137 cm³/mol. The van der Waals surface area contributed by atoms with Crippen LogP contribution < -0.4 is 14.8 Å². The number of hydrogen-bond donors (Lipinski definition) is 1. The number of benzene rings is 3. The first-order valence-corrected chi connectivity index (χ1v) is 11.6. The van der Waals surface area contributed by atoms with Gasteiger partial charge in [-0.2, -0.15) is 5.10 Å². The molecule has 0 unspecified atom stereocenters. The summed E-state index contributed by atoms with van der Waals surface area (Å²) >= 11 is 0. The van der Waals surface area contributed by atoms with Gasteiger partial charge >= 0.3 is 0 Å². The van der Waals surface area contributed by atoms with Crippen molar-refractivity contribution < 1.29 is 19.2 Å². The molecule has 9 nitrogen and oxygen atoms in total. The van der Waals surface area contributed by atoms with Crippen LogP contribution in [-0.4, -0.2) is 33.8 Å². The Morgan fingerprint density at radius 1 is 1.00 bits per heavy atom. The third-order valence-electron chi connectivity index (χ3n) is 5.35. The van der Waals surface area contributed by atoms with E-state index in [4.69, 9.17) is 14.6 Å². The molecule has 1 aromatic heterocycles. The highest BCUT2D eigenvalue weighted by Gasteiger charge is 2.18. The minimum Gasteiger partial charge on any atom is -0.494 e. The van der Waals surface area contributed by atoms with Gasteiger partial charge in [-0.15, -0.1) is 0 Å². The van der Waals surface area contributed by atoms with Crippen LogP contribution in [0.2, 0.25) is 0 Å². The molecule has 36 heavy (non-hydrogen) atoms. The molecule has 0 radical (unpaired) electrons. The smallest absolute Gasteiger partial charge is 0.269 e. The lowest BCUT2D eigenvalue weighted by atomic mass is 10.1. The fourth-order valence-corrected chi connectivity index (χ4v) is 3.75. The number of anilines is 1. The molecule has 0 bridgehead atoms. The van der Waals surface area contributed by atoms with E-state index in [9.17, 15) is 14.9 Å². The molecule has 0 fully saturated rings. The maximum absolute atomic E-state index is 13.1. The summed E-state index contributed by atoms with van der Waals surface area (Å²) in [6.45, 7) is 4.71. The van der Waals surface area contributed by atoms with Crippen molar-refractivity contribution in [3.8, 4) is 28.4 Å². The van der Waals surface area contributed by atoms with Crippen LogP contribution in [0.5, 0.6) is 11.5 Å². The number of amides is 1. The normalized spacial score (nSPS) is 10.6. The summed E-state index contributed by atoms with van der Waals surface area (Å²) in [5, 5.41) is 18.7. The van der Waals surface area contributed by atoms with E-state index >= 15 is 0 Å². The van der Waals surface area contributed by atoms with Crippen molar-refractivity contribution in [1.29, 1.82) is 0 Å². The predicted octanol–water partition coefficient (Wildman–Crippen LogP) is 5.43. The standard InChI is InChI=1S/C27H26N4O5/c1-3-35-23-14-15-25(36-4-2)24(17-23)28-26(32)16-20-18-30(21-8-6-5-7-9-21)29-27(20)19-10-12-22(13-11-19)31(33)34/h5-15,17-18H,3-4,16H2,1-2H3,(H,28,32). The van der Waals surface area contributed by atoms with E-state index in [1.807, 2.05) is 44.2 Å². The fourth-order valence-electron chi connectivity index (χ4n) is 3.75. The molecule has 0 saturated heterocycles. The summed E-state index contributed by atoms with van der Waals surface area (Å²) in [6, 6.07) is 20.9. The van der Waals surface area contributed by atoms with Gasteiger partial charge in [-0.1, -0.05) is 18.2 Å². The van der Waals surface area contributed by atoms with Gasteiger partial charge in [-0.3, -0.25) is 14.9 Å². The van der Waals surface area contributed by atoms with Crippen LogP contribution in [0, 0.1) is 10.1 Å². The molecule has 0 aliphatic carbocycles. The number of ether oxygens (including phenoxy) is 2. The topological polar surface area (TPSA) is 109 Å². The SMILES string of the molecule is CCOc1ccc(OCC)c(NC(=O)Cc2cn(-c3ccccc3)nc2-c2ccc([N+](=O)[O-])cc2)c1. The van der Waals surface area contributed by atoms with Crippen LogP contribution in [0.3, 0.4) is 0 Å². The molecule has 0 atom stereocenters. The minimum atomic E-state index is -0.451. The Bertz CT molecular complexity index is 1350. The van der Waals surface area contributed by atoms with Gasteiger partial charge in [0.1, 0.15) is 11.5 Å². The van der Waals surface area contributed by atoms with E-state index in [2.05, 4.69) is 5.32 Å². The van der Waals surface area contributed by atoms with Crippen LogP contribution in [0.1, 0.15) is 19.4 Å². The van der Waals surface area contributed by atoms with Crippen LogP contribution in [-0.2, 0) is 11.2 Å². The zero-order valence-electron chi connectivity index (χ0n) is 20.0. The zero-order valence-corrected chi connectivity index (χ0v) is 20.0. The third-order valence-corrected chi connectivity index (χ3v) is 5.35. The number of non-ortho nitro benzene ring substituents is 1. The summed E-state index contributed by atoms with van der Waals surface area (Å²) in [4.78, 5) is 23.8. The summed E-state index contributed by atoms with van der Waals surface area (Å²) in [6.07, 6.45) is 1.83. The van der Waals surface area contributed by atoms with Crippen molar-refractivity contribution in [2.45, 2.75) is 20.3 Å². The van der Waals surface area contributed by atoms with Crippen LogP contribution in [0.4, 0.5) is 11.4 Å². The first-order chi connectivity index (χ1) is 17.5. The maximum atomic E-state index is 13.1. The molecule has 0 aliphatic rings. The lowest BCUT2D eigenvalue weighted by Gasteiger charge is -2.13. The molecule has 184 valence electrons. The second kappa shape index (κ2) is 11.2. The largest absolute Gasteiger partial charge is 0.494 e. The average Bonchev–Trinajstić information content (AvgIpc) is 3.30. The van der Waals surface area contributed by atoms with Crippen molar-refractivity contribution >= 4 is 17.3 Å². The number of aromatic nitrogens is 2. The van der Waals surface area contributed by atoms with Gasteiger partial charge in [0.2, 0.25) is 5.91 Å². The average molecular weight is 487 g/mol. The number of nitrogens with one attached hydrogen (secondary N) is 1. The molecular weight excluding hydrogens is 460 g/mol. The molecule has 4 rings (SSSR count). The second-order valence-corrected chi connectivity index (χ2v) is 7.84. The summed E-state index contributed by atoms with van der Waals surface area (Å²) in [5.74, 6) is 0.907. The number of para-hydroxylation sites is 1. The van der Waals surface area contributed by atoms with E-state index in [-0.39, 0.29) is 18.0 Å². The molecule has 1 N–H and O–H groups in total. The van der Waals surface area contributed by atoms with E-state index in [0.717, 1.165) is 5.69 Å². The molecule has 0 saturated carbocycles. The third kappa shape index (κ3) is 5.69. The lowest BCUT2D eigenvalue weighted by Crippen LogP contribution is -2.15. The number of carbonyl (C=O) groups is 1. The number of nitrogens with zero attached hydrogens (tertiary/aromatic N) is 3. The molecule has 3 aromatic carbocycles. The number of nitro groups is 1. The van der Waals surface area contributed by atoms with Gasteiger partial charge < -0.3 is 14.8 Å². The molecule has 0 aliphatic heterocycles. The van der Waals surface area contributed by atoms with Gasteiger partial charge in [-0.05, 0) is 50.2 Å². The minimum absolute atomic E-state index is 0.0156. The van der Waals surface area contributed by atoms with Gasteiger partial charge in [0.25, 0.3) is 5.69 Å². The molecule has 4 aromatic rings. The highest BCUT2D eigenvalue weighted by molar-refractivity contribution is 5.94. The van der Waals surface area contributed by atoms with Crippen molar-refractivity contribution in [3.63, 3.8) is 0 Å². The van der Waals surface area contributed by atoms with Gasteiger partial charge in [0.15, 0.2) is 0 Å². The van der Waals surface area contributed by atoms with E-state index in [1.165, 1.54) is 12.1 Å². The van der Waals surface area contributed by atoms with Crippen LogP contribution in [0.15, 0.2) is 79.0 Å². The number of hydrogen-bond acceptors (Lipinski definition) is 6. The Balaban J connectivity index is 1.65. The van der Waals surface area contributed by atoms with Gasteiger partial charge in [0, 0.05) is 35.5 Å². The monoisotopic (exact) mass is 486 g/mol. The summed E-state index contributed by atoms with van der Waals surface area (Å²) < 4.78 is 12.9. The number of carbonyl (C=O) groups excluding carboxylic acids is 1. The van der Waals surface area contributed by atoms with Crippen LogP contribution >= 0.6 is 0 Å². The Morgan fingerprint density at radius 3 is 2.39 bits per heavy atom. The lowest BCUT2D eigenvalue weighted by molar-refractivity contribution is -0.384. The van der Waals surface area contributed by atoms with Crippen molar-refractivity contribution in [3.05, 3.63) is 94.7 Å². The maximum Gasteiger partial charge on any atom is 0.269 e. The van der Waals surface area contributed by atoms with E-state index < -0.39 is 4.92 Å². The molecule has 9 heteroatoms. The summed E-state index contributed by atoms with van der Waals surface area (Å²) in [5.41, 5.74) is 3.24. The molecule has 0 spiro atoms. The molecular formula is C27H26N4O5. The Morgan fingerprint density at radius 2 is 1.72 bits per heavy atom. The first kappa shape index (κ1) is 24.5. The number of rotatable bonds is 10. The van der Waals surface area contributed by atoms with Crippen molar-refractivity contribution in [2.75, 3.05) is 18.5 Å². The highest BCUT2D eigenvalue weighted by Crippen LogP contribution is 2.31. The fraction of sp³-hybridized carbons (Fsp3) is 0.185. The Labute approximate surface area is 208 Å². The highest BCUT2D eigenvalue weighted by atomic mass is 16.6. The van der Waals surface area contributed by atoms with Crippen molar-refractivity contribution in [2.24, 2.45) is 0 Å². The Kier molecular flexibility index (Phi) is 7.60. The van der Waals surface area contributed by atoms with Gasteiger partial charge in [0.05, 0.1) is 41.6 Å². The summed E-state index contributed by atoms with van der Waals surface area (Å²) in [7, 11) is 0. The molecule has 1 heterocycles. The Hall–Kier alpha value is -4.66. The second-order valence-electron chi connectivity index (χ2n) is 7.84. The number of nitro benzene ring substituents is 1. The van der Waals surface area contributed by atoms with E-state index in [0.29, 0.717) is 47.2 Å². The quantitative estimate of drug-likeness (QED) is 0.237. The zero-order chi connectivity index (χ0) is 25.5.